The SMILES string of the molecule is CCC(C)C(Br)(C(=O)O)C(Br)(C(=O)O)C(C)CC. The molecular weight excluding hydrogens is 368 g/mol. The van der Waals surface area contributed by atoms with Gasteiger partial charge >= 0.3 is 11.9 Å². The molecule has 6 heteroatoms. The molecule has 2 N–H and O–H groups in total. The Morgan fingerprint density at radius 1 is 0.944 bits per heavy atom. The third-order valence-corrected chi connectivity index (χ3v) is 7.76. The highest BCUT2D eigenvalue weighted by molar-refractivity contribution is 9.13. The zero-order valence-electron chi connectivity index (χ0n) is 11.0. The lowest BCUT2D eigenvalue weighted by Crippen LogP contribution is -2.62. The van der Waals surface area contributed by atoms with E-state index in [1.807, 2.05) is 13.8 Å². The predicted octanol–water partition coefficient (Wildman–Crippen LogP) is 3.52. The fourth-order valence-electron chi connectivity index (χ4n) is 2.01. The molecule has 0 aromatic heterocycles. The van der Waals surface area contributed by atoms with Crippen molar-refractivity contribution in [3.8, 4) is 0 Å². The largest absolute Gasteiger partial charge is 0.480 e. The molecule has 4 atom stereocenters. The van der Waals surface area contributed by atoms with Crippen molar-refractivity contribution in [1.29, 1.82) is 0 Å². The van der Waals surface area contributed by atoms with E-state index in [4.69, 9.17) is 0 Å². The van der Waals surface area contributed by atoms with Gasteiger partial charge in [-0.2, -0.15) is 0 Å². The zero-order valence-corrected chi connectivity index (χ0v) is 14.2. The maximum atomic E-state index is 11.7. The second-order valence-corrected chi connectivity index (χ2v) is 7.15. The van der Waals surface area contributed by atoms with E-state index < -0.39 is 20.6 Å². The zero-order chi connectivity index (χ0) is 14.7. The molecule has 0 saturated carbocycles. The van der Waals surface area contributed by atoms with E-state index in [0.717, 1.165) is 0 Å². The Morgan fingerprint density at radius 3 is 1.28 bits per heavy atom. The minimum atomic E-state index is -1.55. The van der Waals surface area contributed by atoms with Crippen LogP contribution in [0.1, 0.15) is 40.5 Å². The molecule has 0 spiro atoms. The van der Waals surface area contributed by atoms with Crippen molar-refractivity contribution in [3.63, 3.8) is 0 Å². The summed E-state index contributed by atoms with van der Waals surface area (Å²) in [6.07, 6.45) is 1.13. The number of hydrogen-bond donors (Lipinski definition) is 2. The number of rotatable bonds is 7. The van der Waals surface area contributed by atoms with Crippen LogP contribution < -0.4 is 0 Å². The molecule has 0 radical (unpaired) electrons. The molecule has 0 aliphatic heterocycles. The van der Waals surface area contributed by atoms with Gasteiger partial charge in [-0.05, 0) is 11.8 Å². The molecule has 0 rings (SSSR count). The standard InChI is InChI=1S/C12H20Br2O4/c1-5-7(3)11(13,9(15)16)12(14,10(17)18)8(4)6-2/h7-8H,5-6H2,1-4H3,(H,15,16)(H,17,18). The van der Waals surface area contributed by atoms with Crippen molar-refractivity contribution < 1.29 is 19.8 Å². The van der Waals surface area contributed by atoms with Crippen LogP contribution in [0.2, 0.25) is 0 Å². The summed E-state index contributed by atoms with van der Waals surface area (Å²) in [5.74, 6) is -2.98. The Bertz CT molecular complexity index is 302. The third-order valence-electron chi connectivity index (χ3n) is 3.73. The average Bonchev–Trinajstić information content (AvgIpc) is 2.33. The Balaban J connectivity index is 5.97. The number of carboxylic acids is 2. The van der Waals surface area contributed by atoms with E-state index >= 15 is 0 Å². The van der Waals surface area contributed by atoms with Crippen LogP contribution in [0.5, 0.6) is 0 Å². The molecule has 0 heterocycles. The van der Waals surface area contributed by atoms with Gasteiger partial charge in [-0.1, -0.05) is 72.4 Å². The highest BCUT2D eigenvalue weighted by atomic mass is 79.9. The van der Waals surface area contributed by atoms with E-state index in [1.165, 1.54) is 0 Å². The lowest BCUT2D eigenvalue weighted by atomic mass is 9.73. The minimum Gasteiger partial charge on any atom is -0.480 e. The summed E-state index contributed by atoms with van der Waals surface area (Å²) >= 11 is 6.43. The minimum absolute atomic E-state index is 0.334. The van der Waals surface area contributed by atoms with Gasteiger partial charge in [0.2, 0.25) is 0 Å². The van der Waals surface area contributed by atoms with Crippen LogP contribution in [0.15, 0.2) is 0 Å². The van der Waals surface area contributed by atoms with Gasteiger partial charge in [0.25, 0.3) is 0 Å². The summed E-state index contributed by atoms with van der Waals surface area (Å²) in [5.41, 5.74) is 0. The number of hydrogen-bond acceptors (Lipinski definition) is 2. The molecule has 18 heavy (non-hydrogen) atoms. The van der Waals surface area contributed by atoms with Gasteiger partial charge in [-0.3, -0.25) is 9.59 Å². The van der Waals surface area contributed by atoms with Crippen LogP contribution in [0.3, 0.4) is 0 Å². The van der Waals surface area contributed by atoms with Crippen molar-refractivity contribution >= 4 is 43.8 Å². The Hall–Kier alpha value is -0.100. The molecule has 0 saturated heterocycles. The predicted molar refractivity (Wildman–Crippen MR) is 77.5 cm³/mol. The summed E-state index contributed by atoms with van der Waals surface area (Å²) in [4.78, 5) is 23.3. The molecule has 4 unspecified atom stereocenters. The molecule has 4 nitrogen and oxygen atoms in total. The smallest absolute Gasteiger partial charge is 0.322 e. The van der Waals surface area contributed by atoms with E-state index in [-0.39, 0.29) is 11.8 Å². The van der Waals surface area contributed by atoms with Gasteiger partial charge in [-0.15, -0.1) is 0 Å². The number of halogens is 2. The highest BCUT2D eigenvalue weighted by Crippen LogP contribution is 2.50. The molecule has 0 bridgehead atoms. The molecule has 0 aromatic rings. The van der Waals surface area contributed by atoms with Gasteiger partial charge in [0, 0.05) is 0 Å². The fraction of sp³-hybridized carbons (Fsp3) is 0.833. The highest BCUT2D eigenvalue weighted by Gasteiger charge is 2.63. The summed E-state index contributed by atoms with van der Waals surface area (Å²) in [7, 11) is 0. The molecule has 106 valence electrons. The first-order valence-electron chi connectivity index (χ1n) is 5.95. The Morgan fingerprint density at radius 2 is 1.17 bits per heavy atom. The van der Waals surface area contributed by atoms with Gasteiger partial charge < -0.3 is 10.2 Å². The van der Waals surface area contributed by atoms with Crippen molar-refractivity contribution in [2.45, 2.75) is 49.2 Å². The van der Waals surface area contributed by atoms with Crippen molar-refractivity contribution in [3.05, 3.63) is 0 Å². The summed E-state index contributed by atoms with van der Waals surface area (Å²) in [6, 6.07) is 0. The van der Waals surface area contributed by atoms with Crippen LogP contribution in [0, 0.1) is 11.8 Å². The first-order chi connectivity index (χ1) is 8.10. The van der Waals surface area contributed by atoms with Crippen LogP contribution >= 0.6 is 31.9 Å². The third kappa shape index (κ3) is 2.59. The van der Waals surface area contributed by atoms with Crippen molar-refractivity contribution in [2.75, 3.05) is 0 Å². The van der Waals surface area contributed by atoms with E-state index in [1.54, 1.807) is 13.8 Å². The number of aliphatic carboxylic acids is 2. The van der Waals surface area contributed by atoms with Crippen LogP contribution in [-0.2, 0) is 9.59 Å². The van der Waals surface area contributed by atoms with Gasteiger partial charge in [0.05, 0.1) is 0 Å². The van der Waals surface area contributed by atoms with Gasteiger partial charge in [0.1, 0.15) is 0 Å². The molecule has 0 aliphatic carbocycles. The van der Waals surface area contributed by atoms with Crippen molar-refractivity contribution in [1.82, 2.24) is 0 Å². The maximum absolute atomic E-state index is 11.7. The summed E-state index contributed by atoms with van der Waals surface area (Å²) < 4.78 is -3.09. The summed E-state index contributed by atoms with van der Waals surface area (Å²) in [5, 5.41) is 19.0. The van der Waals surface area contributed by atoms with Gasteiger partial charge in [-0.25, -0.2) is 0 Å². The number of alkyl halides is 2. The number of carboxylic acid groups (broad SMARTS) is 2. The second-order valence-electron chi connectivity index (χ2n) is 4.65. The van der Waals surface area contributed by atoms with Crippen LogP contribution in [0.4, 0.5) is 0 Å². The van der Waals surface area contributed by atoms with Crippen LogP contribution in [-0.4, -0.2) is 30.8 Å². The average molecular weight is 388 g/mol. The lowest BCUT2D eigenvalue weighted by Gasteiger charge is -2.44. The quantitative estimate of drug-likeness (QED) is 0.655. The first kappa shape index (κ1) is 17.9. The lowest BCUT2D eigenvalue weighted by molar-refractivity contribution is -0.152. The fourth-order valence-corrected chi connectivity index (χ4v) is 3.78. The Kier molecular flexibility index (Phi) is 6.33. The normalized spacial score (nSPS) is 21.4. The monoisotopic (exact) mass is 386 g/mol. The molecule has 0 amide bonds. The van der Waals surface area contributed by atoms with Crippen LogP contribution in [0.25, 0.3) is 0 Å². The first-order valence-corrected chi connectivity index (χ1v) is 7.53. The Labute approximate surface area is 124 Å². The van der Waals surface area contributed by atoms with Gasteiger partial charge in [0.15, 0.2) is 8.65 Å². The molecular formula is C12H20Br2O4. The van der Waals surface area contributed by atoms with E-state index in [9.17, 15) is 19.8 Å². The maximum Gasteiger partial charge on any atom is 0.322 e. The molecule has 0 aliphatic rings. The van der Waals surface area contributed by atoms with E-state index in [0.29, 0.717) is 12.8 Å². The van der Waals surface area contributed by atoms with E-state index in [2.05, 4.69) is 31.9 Å². The molecule has 0 aromatic carbocycles. The topological polar surface area (TPSA) is 74.6 Å². The number of carbonyl (C=O) groups is 2. The van der Waals surface area contributed by atoms with Crippen molar-refractivity contribution in [2.24, 2.45) is 11.8 Å². The second kappa shape index (κ2) is 6.37. The molecule has 0 fully saturated rings. The summed E-state index contributed by atoms with van der Waals surface area (Å²) in [6.45, 7) is 7.17.